The van der Waals surface area contributed by atoms with Crippen molar-refractivity contribution in [3.05, 3.63) is 115 Å². The smallest absolute Gasteiger partial charge is 0.271 e. The van der Waals surface area contributed by atoms with Crippen LogP contribution in [0.25, 0.3) is 6.08 Å². The molecule has 6 rings (SSSR count). The van der Waals surface area contributed by atoms with Crippen molar-refractivity contribution in [2.45, 2.75) is 25.8 Å². The number of nitrogens with zero attached hydrogens (tertiary/aromatic N) is 3. The van der Waals surface area contributed by atoms with E-state index < -0.39 is 6.04 Å². The number of aromatic nitrogens is 1. The van der Waals surface area contributed by atoms with Crippen molar-refractivity contribution in [2.75, 3.05) is 39.2 Å². The Morgan fingerprint density at radius 2 is 1.70 bits per heavy atom. The Balaban J connectivity index is 1.36. The highest BCUT2D eigenvalue weighted by molar-refractivity contribution is 7.07. The number of hydrogen-bond donors (Lipinski definition) is 1. The van der Waals surface area contributed by atoms with Crippen molar-refractivity contribution in [1.82, 2.24) is 9.47 Å². The number of amides is 2. The number of methoxy groups -OCH3 is 2. The SMILES string of the molecule is COc1ccc([C@@H]2C(C(=O)Nc3ccccc3)=C(C)N=c3s/c(=C/c4ccc(OCC(=O)N5CCCC5)cc4)c(=O)n32)c(OC)c1. The van der Waals surface area contributed by atoms with Crippen LogP contribution in [0.1, 0.15) is 36.9 Å². The van der Waals surface area contributed by atoms with Gasteiger partial charge in [-0.1, -0.05) is 41.7 Å². The largest absolute Gasteiger partial charge is 0.497 e. The highest BCUT2D eigenvalue weighted by atomic mass is 32.1. The summed E-state index contributed by atoms with van der Waals surface area (Å²) in [7, 11) is 3.10. The van der Waals surface area contributed by atoms with Gasteiger partial charge < -0.3 is 24.4 Å². The van der Waals surface area contributed by atoms with Crippen molar-refractivity contribution >= 4 is 34.9 Å². The van der Waals surface area contributed by atoms with Crippen LogP contribution in [-0.2, 0) is 9.59 Å². The van der Waals surface area contributed by atoms with Crippen LogP contribution in [0.2, 0.25) is 0 Å². The van der Waals surface area contributed by atoms with Crippen LogP contribution in [0, 0.1) is 0 Å². The van der Waals surface area contributed by atoms with Gasteiger partial charge in [0.2, 0.25) is 0 Å². The molecular weight excluding hydrogens is 604 g/mol. The third-order valence-corrected chi connectivity index (χ3v) is 9.02. The van der Waals surface area contributed by atoms with E-state index in [4.69, 9.17) is 19.2 Å². The quantitative estimate of drug-likeness (QED) is 0.298. The van der Waals surface area contributed by atoms with Gasteiger partial charge in [-0.15, -0.1) is 0 Å². The van der Waals surface area contributed by atoms with Crippen LogP contribution >= 0.6 is 11.3 Å². The predicted molar refractivity (Wildman–Crippen MR) is 176 cm³/mol. The van der Waals surface area contributed by atoms with E-state index in [-0.39, 0.29) is 24.0 Å². The van der Waals surface area contributed by atoms with Gasteiger partial charge in [-0.3, -0.25) is 19.0 Å². The lowest BCUT2D eigenvalue weighted by Crippen LogP contribution is -2.40. The molecule has 46 heavy (non-hydrogen) atoms. The van der Waals surface area contributed by atoms with E-state index >= 15 is 0 Å². The van der Waals surface area contributed by atoms with Crippen LogP contribution in [-0.4, -0.2) is 55.2 Å². The summed E-state index contributed by atoms with van der Waals surface area (Å²) in [5, 5.41) is 2.96. The van der Waals surface area contributed by atoms with E-state index in [1.165, 1.54) is 18.4 Å². The van der Waals surface area contributed by atoms with Gasteiger partial charge >= 0.3 is 0 Å². The van der Waals surface area contributed by atoms with E-state index in [2.05, 4.69) is 5.32 Å². The second-order valence-electron chi connectivity index (χ2n) is 11.0. The molecule has 0 radical (unpaired) electrons. The van der Waals surface area contributed by atoms with Gasteiger partial charge in [0.1, 0.15) is 23.3 Å². The third-order valence-electron chi connectivity index (χ3n) is 8.03. The number of hydrogen-bond acceptors (Lipinski definition) is 8. The van der Waals surface area contributed by atoms with Crippen LogP contribution in [0.5, 0.6) is 17.2 Å². The molecule has 4 aromatic rings. The van der Waals surface area contributed by atoms with E-state index in [1.54, 1.807) is 67.1 Å². The molecule has 10 nitrogen and oxygen atoms in total. The Morgan fingerprint density at radius 3 is 2.39 bits per heavy atom. The standard InChI is InChI=1S/C35H34N4O6S/c1-22-31(33(41)37-24-9-5-4-6-10-24)32(27-16-15-26(43-2)20-28(27)44-3)39-34(42)29(46-35(39)36-22)19-23-11-13-25(14-12-23)45-21-30(40)38-17-7-8-18-38/h4-6,9-16,19-20,32H,7-8,17-18,21H2,1-3H3,(H,37,41)/b29-19+/t32-/m1/s1. The number of carbonyl (C=O) groups is 2. The average Bonchev–Trinajstić information content (AvgIpc) is 3.72. The number of thiazole rings is 1. The molecule has 11 heteroatoms. The minimum Gasteiger partial charge on any atom is -0.497 e. The molecule has 1 N–H and O–H groups in total. The minimum absolute atomic E-state index is 0.00764. The number of para-hydroxylation sites is 1. The highest BCUT2D eigenvalue weighted by Gasteiger charge is 2.34. The van der Waals surface area contributed by atoms with E-state index in [0.29, 0.717) is 49.1 Å². The topological polar surface area (TPSA) is 111 Å². The molecule has 2 aliphatic rings. The van der Waals surface area contributed by atoms with Gasteiger partial charge in [0, 0.05) is 30.4 Å². The summed E-state index contributed by atoms with van der Waals surface area (Å²) in [6, 6.07) is 20.9. The number of ether oxygens (including phenoxy) is 3. The molecule has 0 unspecified atom stereocenters. The second kappa shape index (κ2) is 13.5. The molecule has 0 aliphatic carbocycles. The fourth-order valence-electron chi connectivity index (χ4n) is 5.68. The monoisotopic (exact) mass is 638 g/mol. The van der Waals surface area contributed by atoms with Crippen LogP contribution in [0.3, 0.4) is 0 Å². The molecule has 2 aliphatic heterocycles. The zero-order valence-corrected chi connectivity index (χ0v) is 26.6. The zero-order chi connectivity index (χ0) is 32.2. The zero-order valence-electron chi connectivity index (χ0n) is 25.8. The van der Waals surface area contributed by atoms with Gasteiger partial charge in [0.25, 0.3) is 17.4 Å². The maximum atomic E-state index is 14.1. The molecule has 2 amide bonds. The van der Waals surface area contributed by atoms with Crippen molar-refractivity contribution in [1.29, 1.82) is 0 Å². The molecule has 1 atom stereocenters. The number of benzene rings is 3. The van der Waals surface area contributed by atoms with Crippen LogP contribution in [0.15, 0.2) is 93.9 Å². The molecule has 0 spiro atoms. The minimum atomic E-state index is -0.813. The summed E-state index contributed by atoms with van der Waals surface area (Å²) in [5.41, 5.74) is 2.55. The molecule has 0 bridgehead atoms. The first-order chi connectivity index (χ1) is 22.4. The van der Waals surface area contributed by atoms with Crippen LogP contribution < -0.4 is 34.4 Å². The lowest BCUT2D eigenvalue weighted by molar-refractivity contribution is -0.132. The van der Waals surface area contributed by atoms with Gasteiger partial charge in [-0.05, 0) is 67.8 Å². The number of anilines is 1. The summed E-state index contributed by atoms with van der Waals surface area (Å²) < 4.78 is 18.9. The van der Waals surface area contributed by atoms with Gasteiger partial charge in [0.05, 0.1) is 30.0 Å². The van der Waals surface area contributed by atoms with E-state index in [0.717, 1.165) is 31.5 Å². The number of nitrogens with one attached hydrogen (secondary N) is 1. The molecule has 1 fully saturated rings. The maximum Gasteiger partial charge on any atom is 0.271 e. The number of rotatable bonds is 9. The molecule has 236 valence electrons. The lowest BCUT2D eigenvalue weighted by Gasteiger charge is -2.26. The summed E-state index contributed by atoms with van der Waals surface area (Å²) in [6.45, 7) is 3.32. The van der Waals surface area contributed by atoms with Crippen molar-refractivity contribution in [2.24, 2.45) is 4.99 Å². The van der Waals surface area contributed by atoms with Gasteiger partial charge in [-0.25, -0.2) is 4.99 Å². The van der Waals surface area contributed by atoms with Crippen LogP contribution in [0.4, 0.5) is 5.69 Å². The molecular formula is C35H34N4O6S. The summed E-state index contributed by atoms with van der Waals surface area (Å²) in [5.74, 6) is 1.23. The number of carbonyl (C=O) groups excluding carboxylic acids is 2. The van der Waals surface area contributed by atoms with E-state index in [1.807, 2.05) is 35.2 Å². The lowest BCUT2D eigenvalue weighted by atomic mass is 9.94. The summed E-state index contributed by atoms with van der Waals surface area (Å²) in [4.78, 5) is 47.3. The fourth-order valence-corrected chi connectivity index (χ4v) is 6.73. The first kappa shape index (κ1) is 30.8. The highest BCUT2D eigenvalue weighted by Crippen LogP contribution is 2.37. The Labute approximate surface area is 269 Å². The number of fused-ring (bicyclic) bond motifs is 1. The molecule has 1 saturated heterocycles. The fraction of sp³-hybridized carbons (Fsp3) is 0.257. The Hall–Kier alpha value is -5.16. The predicted octanol–water partition coefficient (Wildman–Crippen LogP) is 3.89. The molecule has 3 aromatic carbocycles. The van der Waals surface area contributed by atoms with Crippen molar-refractivity contribution < 1.29 is 23.8 Å². The van der Waals surface area contributed by atoms with Gasteiger partial charge in [0.15, 0.2) is 11.4 Å². The van der Waals surface area contributed by atoms with Crippen molar-refractivity contribution in [3.63, 3.8) is 0 Å². The number of likely N-dealkylation sites (tertiary alicyclic amines) is 1. The third kappa shape index (κ3) is 6.32. The Kier molecular flexibility index (Phi) is 9.02. The van der Waals surface area contributed by atoms with Crippen molar-refractivity contribution in [3.8, 4) is 17.2 Å². The normalized spacial score (nSPS) is 16.1. The second-order valence-corrected chi connectivity index (χ2v) is 12.0. The Bertz CT molecular complexity index is 1980. The number of allylic oxidation sites excluding steroid dienone is 1. The molecule has 1 aromatic heterocycles. The molecule has 0 saturated carbocycles. The Morgan fingerprint density at radius 1 is 0.978 bits per heavy atom. The van der Waals surface area contributed by atoms with Gasteiger partial charge in [-0.2, -0.15) is 0 Å². The molecule has 3 heterocycles. The summed E-state index contributed by atoms with van der Waals surface area (Å²) in [6.07, 6.45) is 3.85. The maximum absolute atomic E-state index is 14.1. The first-order valence-electron chi connectivity index (χ1n) is 15.0. The first-order valence-corrected chi connectivity index (χ1v) is 15.8. The average molecular weight is 639 g/mol. The van der Waals surface area contributed by atoms with E-state index in [9.17, 15) is 14.4 Å². The summed E-state index contributed by atoms with van der Waals surface area (Å²) >= 11 is 1.25.